The van der Waals surface area contributed by atoms with Crippen molar-refractivity contribution >= 4 is 16.0 Å². The highest BCUT2D eigenvalue weighted by molar-refractivity contribution is 7.89. The molecule has 1 rings (SSSR count). The number of nitrogens with one attached hydrogen (secondary N) is 1. The molecule has 128 valence electrons. The van der Waals surface area contributed by atoms with Crippen LogP contribution in [0.3, 0.4) is 0 Å². The van der Waals surface area contributed by atoms with Gasteiger partial charge in [0.25, 0.3) is 0 Å². The topological polar surface area (TPSA) is 92.7 Å². The molecule has 1 aromatic rings. The summed E-state index contributed by atoms with van der Waals surface area (Å²) in [6.07, 6.45) is 2.87. The van der Waals surface area contributed by atoms with Crippen LogP contribution in [0.15, 0.2) is 47.4 Å². The fraction of sp³-hybridized carbons (Fsp3) is 0.438. The Kier molecular flexibility index (Phi) is 6.93. The number of sulfonamides is 1. The second-order valence-electron chi connectivity index (χ2n) is 5.99. The Balaban J connectivity index is 2.63. The van der Waals surface area contributed by atoms with Gasteiger partial charge in [0.15, 0.2) is 0 Å². The lowest BCUT2D eigenvalue weighted by Crippen LogP contribution is -2.37. The molecular weight excluding hydrogens is 318 g/mol. The largest absolute Gasteiger partial charge is 0.457 e. The number of rotatable bonds is 7. The molecule has 0 bridgehead atoms. The average molecular weight is 341 g/mol. The summed E-state index contributed by atoms with van der Waals surface area (Å²) in [6.45, 7) is 4.88. The molecule has 0 aromatic heterocycles. The third kappa shape index (κ3) is 7.40. The van der Waals surface area contributed by atoms with Crippen molar-refractivity contribution in [1.29, 1.82) is 0 Å². The molecule has 0 unspecified atom stereocenters. The molecule has 0 aliphatic heterocycles. The fourth-order valence-corrected chi connectivity index (χ4v) is 2.97. The number of benzene rings is 1. The van der Waals surface area contributed by atoms with Crippen LogP contribution in [0.4, 0.5) is 0 Å². The molecule has 0 spiro atoms. The van der Waals surface area contributed by atoms with Crippen molar-refractivity contribution < 1.29 is 23.1 Å². The predicted octanol–water partition coefficient (Wildman–Crippen LogP) is 1.61. The molecule has 2 N–H and O–H groups in total. The Labute approximate surface area is 137 Å². The fourth-order valence-electron chi connectivity index (χ4n) is 1.71. The average Bonchev–Trinajstić information content (AvgIpc) is 2.45. The first-order valence-electron chi connectivity index (χ1n) is 7.22. The van der Waals surface area contributed by atoms with E-state index in [9.17, 15) is 18.3 Å². The Hall–Kier alpha value is -1.70. The number of hydrogen-bond acceptors (Lipinski definition) is 5. The quantitative estimate of drug-likeness (QED) is 0.581. The van der Waals surface area contributed by atoms with E-state index in [1.165, 1.54) is 24.3 Å². The van der Waals surface area contributed by atoms with Crippen LogP contribution in [0.2, 0.25) is 0 Å². The summed E-state index contributed by atoms with van der Waals surface area (Å²) in [4.78, 5) is 11.6. The summed E-state index contributed by atoms with van der Waals surface area (Å²) in [5.74, 6) is -0.514. The number of aliphatic hydroxyl groups is 1. The van der Waals surface area contributed by atoms with Gasteiger partial charge in [-0.25, -0.2) is 17.9 Å². The maximum Gasteiger partial charge on any atom is 0.330 e. The highest BCUT2D eigenvalue weighted by Gasteiger charge is 2.19. The highest BCUT2D eigenvalue weighted by atomic mass is 32.2. The van der Waals surface area contributed by atoms with Crippen LogP contribution in [0.25, 0.3) is 0 Å². The zero-order valence-electron chi connectivity index (χ0n) is 13.5. The maximum atomic E-state index is 12.1. The Morgan fingerprint density at radius 2 is 1.91 bits per heavy atom. The lowest BCUT2D eigenvalue weighted by Gasteiger charge is -2.18. The lowest BCUT2D eigenvalue weighted by molar-refractivity contribution is -0.148. The van der Waals surface area contributed by atoms with Gasteiger partial charge >= 0.3 is 5.97 Å². The van der Waals surface area contributed by atoms with E-state index in [2.05, 4.69) is 4.72 Å². The smallest absolute Gasteiger partial charge is 0.330 e. The van der Waals surface area contributed by atoms with Crippen LogP contribution >= 0.6 is 0 Å². The normalized spacial score (nSPS) is 13.9. The van der Waals surface area contributed by atoms with Crippen molar-refractivity contribution in [3.05, 3.63) is 42.5 Å². The summed E-state index contributed by atoms with van der Waals surface area (Å²) in [6, 6.07) is 7.15. The van der Waals surface area contributed by atoms with Crippen LogP contribution in [0, 0.1) is 0 Å². The third-order valence-corrected chi connectivity index (χ3v) is 4.21. The summed E-state index contributed by atoms with van der Waals surface area (Å²) in [5.41, 5.74) is -0.591. The summed E-state index contributed by atoms with van der Waals surface area (Å²) < 4.78 is 31.8. The first kappa shape index (κ1) is 19.3. The zero-order valence-corrected chi connectivity index (χ0v) is 14.3. The van der Waals surface area contributed by atoms with Gasteiger partial charge in [0.05, 0.1) is 11.5 Å². The molecule has 0 radical (unpaired) electrons. The predicted molar refractivity (Wildman–Crippen MR) is 87.2 cm³/mol. The van der Waals surface area contributed by atoms with Crippen LogP contribution in [-0.4, -0.2) is 37.7 Å². The van der Waals surface area contributed by atoms with Crippen LogP contribution in [-0.2, 0) is 19.6 Å². The molecule has 0 saturated carbocycles. The van der Waals surface area contributed by atoms with Gasteiger partial charge in [-0.2, -0.15) is 0 Å². The summed E-state index contributed by atoms with van der Waals surface area (Å²) >= 11 is 0. The van der Waals surface area contributed by atoms with Gasteiger partial charge in [0.2, 0.25) is 10.0 Å². The monoisotopic (exact) mass is 341 g/mol. The number of carbonyl (C=O) groups is 1. The molecule has 6 nitrogen and oxygen atoms in total. The molecule has 0 fully saturated rings. The lowest BCUT2D eigenvalue weighted by atomic mass is 10.2. The van der Waals surface area contributed by atoms with Crippen LogP contribution < -0.4 is 4.72 Å². The number of esters is 1. The minimum absolute atomic E-state index is 0.120. The van der Waals surface area contributed by atoms with Crippen molar-refractivity contribution in [2.75, 3.05) is 6.61 Å². The SMILES string of the molecule is CC(C)(C)OC(=O)/C=C/C[C@@H](CO)NS(=O)(=O)c1ccccc1. The number of hydrogen-bond donors (Lipinski definition) is 2. The molecule has 0 aliphatic rings. The summed E-state index contributed by atoms with van der Waals surface area (Å²) in [7, 11) is -3.71. The zero-order chi connectivity index (χ0) is 17.5. The van der Waals surface area contributed by atoms with Gasteiger partial charge in [-0.1, -0.05) is 24.3 Å². The van der Waals surface area contributed by atoms with E-state index in [-0.39, 0.29) is 17.9 Å². The molecule has 0 saturated heterocycles. The Bertz CT molecular complexity index is 632. The standard InChI is InChI=1S/C16H23NO5S/c1-16(2,3)22-15(19)11-7-8-13(12-18)17-23(20,21)14-9-5-4-6-10-14/h4-7,9-11,13,17-18H,8,12H2,1-3H3/b11-7+/t13-/m0/s1. The highest BCUT2D eigenvalue weighted by Crippen LogP contribution is 2.10. The molecule has 7 heteroatoms. The first-order valence-corrected chi connectivity index (χ1v) is 8.70. The second-order valence-corrected chi connectivity index (χ2v) is 7.70. The van der Waals surface area contributed by atoms with E-state index >= 15 is 0 Å². The molecule has 23 heavy (non-hydrogen) atoms. The number of ether oxygens (including phenoxy) is 1. The van der Waals surface area contributed by atoms with E-state index in [1.54, 1.807) is 39.0 Å². The van der Waals surface area contributed by atoms with Crippen molar-refractivity contribution in [2.45, 2.75) is 43.7 Å². The Morgan fingerprint density at radius 1 is 1.30 bits per heavy atom. The van der Waals surface area contributed by atoms with E-state index in [0.717, 1.165) is 0 Å². The number of carbonyl (C=O) groups excluding carboxylic acids is 1. The molecule has 0 amide bonds. The van der Waals surface area contributed by atoms with Crippen molar-refractivity contribution in [2.24, 2.45) is 0 Å². The number of aliphatic hydroxyl groups excluding tert-OH is 1. The van der Waals surface area contributed by atoms with Gasteiger partial charge in [-0.3, -0.25) is 0 Å². The van der Waals surface area contributed by atoms with Crippen LogP contribution in [0.5, 0.6) is 0 Å². The van der Waals surface area contributed by atoms with Crippen molar-refractivity contribution in [3.63, 3.8) is 0 Å². The minimum Gasteiger partial charge on any atom is -0.457 e. The minimum atomic E-state index is -3.71. The van der Waals surface area contributed by atoms with Gasteiger partial charge in [-0.15, -0.1) is 0 Å². The maximum absolute atomic E-state index is 12.1. The van der Waals surface area contributed by atoms with Crippen molar-refractivity contribution in [3.8, 4) is 0 Å². The Morgan fingerprint density at radius 3 is 2.43 bits per heavy atom. The van der Waals surface area contributed by atoms with Gasteiger partial charge in [0, 0.05) is 12.1 Å². The summed E-state index contributed by atoms with van der Waals surface area (Å²) in [5, 5.41) is 9.31. The van der Waals surface area contributed by atoms with E-state index < -0.39 is 27.6 Å². The van der Waals surface area contributed by atoms with E-state index in [1.807, 2.05) is 0 Å². The van der Waals surface area contributed by atoms with Crippen molar-refractivity contribution in [1.82, 2.24) is 4.72 Å². The first-order chi connectivity index (χ1) is 10.6. The molecule has 0 aliphatic carbocycles. The third-order valence-electron chi connectivity index (χ3n) is 2.68. The molecular formula is C16H23NO5S. The van der Waals surface area contributed by atoms with Crippen LogP contribution in [0.1, 0.15) is 27.2 Å². The van der Waals surface area contributed by atoms with Gasteiger partial charge in [0.1, 0.15) is 5.60 Å². The second kappa shape index (κ2) is 8.24. The van der Waals surface area contributed by atoms with Gasteiger partial charge in [-0.05, 0) is 39.3 Å². The molecule has 0 heterocycles. The van der Waals surface area contributed by atoms with Gasteiger partial charge < -0.3 is 9.84 Å². The molecule has 1 atom stereocenters. The van der Waals surface area contributed by atoms with E-state index in [0.29, 0.717) is 0 Å². The molecule has 1 aromatic carbocycles. The van der Waals surface area contributed by atoms with E-state index in [4.69, 9.17) is 4.74 Å².